The lowest BCUT2D eigenvalue weighted by atomic mass is 10.2. The Labute approximate surface area is 187 Å². The number of carboxylic acid groups (broad SMARTS) is 1. The Morgan fingerprint density at radius 1 is 1.28 bits per heavy atom. The molecule has 2 heterocycles. The van der Waals surface area contributed by atoms with Crippen molar-refractivity contribution in [2.45, 2.75) is 20.0 Å². The first kappa shape index (κ1) is 22.6. The van der Waals surface area contributed by atoms with Gasteiger partial charge >= 0.3 is 5.97 Å². The highest BCUT2D eigenvalue weighted by Gasteiger charge is 2.24. The molecule has 0 unspecified atom stereocenters. The molecule has 2 aromatic heterocycles. The molecule has 0 aliphatic rings. The summed E-state index contributed by atoms with van der Waals surface area (Å²) in [7, 11) is 1.80. The summed E-state index contributed by atoms with van der Waals surface area (Å²) >= 11 is 5.82. The zero-order chi connectivity index (χ0) is 20.6. The first-order valence-electron chi connectivity index (χ1n) is 8.35. The Morgan fingerprint density at radius 2 is 1.97 bits per heavy atom. The molecule has 0 aliphatic heterocycles. The summed E-state index contributed by atoms with van der Waals surface area (Å²) in [6, 6.07) is 4.89. The lowest BCUT2D eigenvalue weighted by Gasteiger charge is -2.07. The molecule has 0 saturated heterocycles. The van der Waals surface area contributed by atoms with E-state index >= 15 is 0 Å². The number of carbonyl (C=O) groups excluding carboxylic acids is 1. The van der Waals surface area contributed by atoms with E-state index in [4.69, 9.17) is 23.1 Å². The van der Waals surface area contributed by atoms with E-state index in [1.165, 1.54) is 0 Å². The molecule has 3 rings (SSSR count). The number of aryl methyl sites for hydroxylation is 2. The van der Waals surface area contributed by atoms with Crippen molar-refractivity contribution in [1.29, 1.82) is 0 Å². The van der Waals surface area contributed by atoms with Crippen LogP contribution >= 0.6 is 11.6 Å². The number of nitrogens with two attached hydrogens (primary N) is 2. The van der Waals surface area contributed by atoms with Crippen LogP contribution in [-0.4, -0.2) is 31.5 Å². The molecule has 0 bridgehead atoms. The maximum atomic E-state index is 12.5. The Bertz CT molecular complexity index is 1120. The molecule has 0 radical (unpaired) electrons. The summed E-state index contributed by atoms with van der Waals surface area (Å²) < 4.78 is 3.81. The number of nitrogens with one attached hydrogen (secondary N) is 1. The SMILES string of the molecule is CCn1c(CNC(=O)c2nc(Cl)c(N)nc2N)[n+](C)c2cc(C(=O)O)ccc21.[I-]. The molecule has 154 valence electrons. The average molecular weight is 532 g/mol. The van der Waals surface area contributed by atoms with Crippen LogP contribution in [0.4, 0.5) is 11.6 Å². The average Bonchev–Trinajstić information content (AvgIpc) is 2.93. The number of amides is 1. The number of rotatable bonds is 5. The molecule has 1 aromatic carbocycles. The summed E-state index contributed by atoms with van der Waals surface area (Å²) in [5.41, 5.74) is 12.9. The topological polar surface area (TPSA) is 153 Å². The maximum absolute atomic E-state index is 12.5. The molecule has 0 atom stereocenters. The minimum Gasteiger partial charge on any atom is -1.00 e. The predicted molar refractivity (Wildman–Crippen MR) is 103 cm³/mol. The number of anilines is 2. The number of benzene rings is 1. The molecule has 10 nitrogen and oxygen atoms in total. The van der Waals surface area contributed by atoms with Crippen molar-refractivity contribution in [3.63, 3.8) is 0 Å². The van der Waals surface area contributed by atoms with Gasteiger partial charge < -0.3 is 45.9 Å². The van der Waals surface area contributed by atoms with Crippen molar-refractivity contribution in [1.82, 2.24) is 19.9 Å². The number of halogens is 2. The van der Waals surface area contributed by atoms with Crippen LogP contribution in [0.3, 0.4) is 0 Å². The van der Waals surface area contributed by atoms with Crippen LogP contribution in [-0.2, 0) is 20.1 Å². The molecule has 3 aromatic rings. The third kappa shape index (κ3) is 4.19. The van der Waals surface area contributed by atoms with Gasteiger partial charge in [-0.15, -0.1) is 0 Å². The number of aromatic carboxylic acids is 1. The Hall–Kier alpha value is -2.67. The highest BCUT2D eigenvalue weighted by Crippen LogP contribution is 2.19. The molecular formula is C17H19ClIN7O3. The van der Waals surface area contributed by atoms with Crippen molar-refractivity contribution in [2.75, 3.05) is 11.5 Å². The molecule has 0 aliphatic carbocycles. The van der Waals surface area contributed by atoms with Gasteiger partial charge in [0.1, 0.15) is 6.54 Å². The molecule has 6 N–H and O–H groups in total. The second kappa shape index (κ2) is 8.78. The molecule has 1 amide bonds. The lowest BCUT2D eigenvalue weighted by molar-refractivity contribution is -0.654. The zero-order valence-electron chi connectivity index (χ0n) is 15.6. The second-order valence-corrected chi connectivity index (χ2v) is 6.40. The summed E-state index contributed by atoms with van der Waals surface area (Å²) in [6.45, 7) is 2.74. The normalized spacial score (nSPS) is 10.6. The molecule has 29 heavy (non-hydrogen) atoms. The molecule has 12 heteroatoms. The fourth-order valence-electron chi connectivity index (χ4n) is 3.03. The number of imidazole rings is 1. The number of fused-ring (bicyclic) bond motifs is 1. The second-order valence-electron chi connectivity index (χ2n) is 6.04. The molecule has 0 fully saturated rings. The summed E-state index contributed by atoms with van der Waals surface area (Å²) in [4.78, 5) is 31.4. The molecule has 0 saturated carbocycles. The van der Waals surface area contributed by atoms with Crippen molar-refractivity contribution in [3.8, 4) is 0 Å². The van der Waals surface area contributed by atoms with Gasteiger partial charge in [-0.1, -0.05) is 11.6 Å². The van der Waals surface area contributed by atoms with E-state index in [2.05, 4.69) is 15.3 Å². The number of carbonyl (C=O) groups is 2. The highest BCUT2D eigenvalue weighted by molar-refractivity contribution is 6.31. The first-order valence-corrected chi connectivity index (χ1v) is 8.73. The number of carboxylic acids is 1. The van der Waals surface area contributed by atoms with Gasteiger partial charge in [0.15, 0.2) is 33.5 Å². The Balaban J connectivity index is 0.00000300. The number of nitrogens with zero attached hydrogens (tertiary/aromatic N) is 4. The number of hydrogen-bond acceptors (Lipinski definition) is 6. The van der Waals surface area contributed by atoms with E-state index in [1.807, 2.05) is 16.1 Å². The van der Waals surface area contributed by atoms with Crippen LogP contribution in [0.25, 0.3) is 11.0 Å². The smallest absolute Gasteiger partial charge is 0.335 e. The third-order valence-electron chi connectivity index (χ3n) is 4.42. The lowest BCUT2D eigenvalue weighted by Crippen LogP contribution is -3.00. The predicted octanol–water partition coefficient (Wildman–Crippen LogP) is -2.27. The van der Waals surface area contributed by atoms with Crippen LogP contribution in [0.15, 0.2) is 18.2 Å². The Morgan fingerprint density at radius 3 is 2.59 bits per heavy atom. The van der Waals surface area contributed by atoms with Crippen molar-refractivity contribution < 1.29 is 43.2 Å². The van der Waals surface area contributed by atoms with E-state index in [-0.39, 0.29) is 58.6 Å². The van der Waals surface area contributed by atoms with Gasteiger partial charge in [-0.25, -0.2) is 23.9 Å². The van der Waals surface area contributed by atoms with Gasteiger partial charge in [0.2, 0.25) is 0 Å². The minimum atomic E-state index is -1.00. The van der Waals surface area contributed by atoms with E-state index in [0.29, 0.717) is 6.54 Å². The van der Waals surface area contributed by atoms with Gasteiger partial charge in [0.05, 0.1) is 19.2 Å². The zero-order valence-corrected chi connectivity index (χ0v) is 18.5. The van der Waals surface area contributed by atoms with Gasteiger partial charge in [0, 0.05) is 6.07 Å². The maximum Gasteiger partial charge on any atom is 0.335 e. The van der Waals surface area contributed by atoms with Crippen LogP contribution in [0.1, 0.15) is 33.6 Å². The largest absolute Gasteiger partial charge is 1.00 e. The van der Waals surface area contributed by atoms with E-state index < -0.39 is 11.9 Å². The fourth-order valence-corrected chi connectivity index (χ4v) is 3.16. The van der Waals surface area contributed by atoms with Gasteiger partial charge in [0.25, 0.3) is 11.7 Å². The van der Waals surface area contributed by atoms with E-state index in [0.717, 1.165) is 16.9 Å². The van der Waals surface area contributed by atoms with E-state index in [9.17, 15) is 14.7 Å². The van der Waals surface area contributed by atoms with Crippen LogP contribution in [0, 0.1) is 0 Å². The molecule has 0 spiro atoms. The quantitative estimate of drug-likeness (QED) is 0.214. The van der Waals surface area contributed by atoms with Crippen LogP contribution in [0.2, 0.25) is 5.15 Å². The standard InChI is InChI=1S/C17H18ClN7O3.HI/c1-3-25-9-5-4-8(17(27)28)6-10(9)24(2)11(25)7-21-16(26)12-14(19)23-15(20)13(18)22-12;/h4-6H,3,7H2,1-2H3,(H5-,19,20,21,23,26,27,28);1H. The monoisotopic (exact) mass is 531 g/mol. The number of aromatic nitrogens is 4. The van der Waals surface area contributed by atoms with Crippen molar-refractivity contribution >= 4 is 46.1 Å². The third-order valence-corrected chi connectivity index (χ3v) is 4.69. The summed E-state index contributed by atoms with van der Waals surface area (Å²) in [5, 5.41) is 11.9. The first-order chi connectivity index (χ1) is 13.2. The van der Waals surface area contributed by atoms with Crippen LogP contribution in [0.5, 0.6) is 0 Å². The number of hydrogen-bond donors (Lipinski definition) is 4. The minimum absolute atomic E-state index is 0. The van der Waals surface area contributed by atoms with Gasteiger partial charge in [-0.05, 0) is 19.1 Å². The summed E-state index contributed by atoms with van der Waals surface area (Å²) in [5.74, 6) is -0.962. The van der Waals surface area contributed by atoms with Gasteiger partial charge in [-0.2, -0.15) is 0 Å². The highest BCUT2D eigenvalue weighted by atomic mass is 127. The van der Waals surface area contributed by atoms with Crippen molar-refractivity contribution in [2.24, 2.45) is 7.05 Å². The summed E-state index contributed by atoms with van der Waals surface area (Å²) in [6.07, 6.45) is 0. The number of nitrogen functional groups attached to an aromatic ring is 2. The van der Waals surface area contributed by atoms with Crippen molar-refractivity contribution in [3.05, 3.63) is 40.4 Å². The van der Waals surface area contributed by atoms with Crippen LogP contribution < -0.4 is 45.3 Å². The fraction of sp³-hybridized carbons (Fsp3) is 0.235. The molecular weight excluding hydrogens is 513 g/mol. The van der Waals surface area contributed by atoms with Gasteiger partial charge in [-0.3, -0.25) is 4.79 Å². The Kier molecular flexibility index (Phi) is 6.85. The van der Waals surface area contributed by atoms with E-state index in [1.54, 1.807) is 25.2 Å².